The zero-order valence-corrected chi connectivity index (χ0v) is 6.59. The summed E-state index contributed by atoms with van der Waals surface area (Å²) in [7, 11) is 0. The molecule has 0 aromatic carbocycles. The van der Waals surface area contributed by atoms with E-state index in [4.69, 9.17) is 11.6 Å². The van der Waals surface area contributed by atoms with Gasteiger partial charge in [-0.1, -0.05) is 31.3 Å². The SMILES string of the molecule is C=C/C(F)=C(\C(=C)F)C(=C)Cl. The first-order chi connectivity index (χ1) is 5.00. The largest absolute Gasteiger partial charge is 0.207 e. The Morgan fingerprint density at radius 1 is 1.27 bits per heavy atom. The van der Waals surface area contributed by atoms with Crippen molar-refractivity contribution in [1.82, 2.24) is 0 Å². The molecule has 11 heavy (non-hydrogen) atoms. The van der Waals surface area contributed by atoms with E-state index in [-0.39, 0.29) is 5.03 Å². The van der Waals surface area contributed by atoms with Crippen molar-refractivity contribution in [3.63, 3.8) is 0 Å². The molecule has 0 aliphatic heterocycles. The summed E-state index contributed by atoms with van der Waals surface area (Å²) in [5.41, 5.74) is -0.429. The molecule has 0 nitrogen and oxygen atoms in total. The second-order valence-electron chi connectivity index (χ2n) is 1.74. The minimum absolute atomic E-state index is 0.227. The molecule has 0 bridgehead atoms. The molecule has 0 rings (SSSR count). The van der Waals surface area contributed by atoms with Crippen LogP contribution in [0.5, 0.6) is 0 Å². The quantitative estimate of drug-likeness (QED) is 0.576. The first-order valence-electron chi connectivity index (χ1n) is 2.72. The second kappa shape index (κ2) is 4.09. The van der Waals surface area contributed by atoms with Crippen LogP contribution in [0, 0.1) is 0 Å². The van der Waals surface area contributed by atoms with Gasteiger partial charge in [-0.05, 0) is 6.08 Å². The molecule has 0 aliphatic carbocycles. The normalized spacial score (nSPS) is 11.9. The van der Waals surface area contributed by atoms with Gasteiger partial charge in [-0.15, -0.1) is 0 Å². The molecule has 0 unspecified atom stereocenters. The molecule has 60 valence electrons. The maximum Gasteiger partial charge on any atom is 0.134 e. The number of hydrogen-bond donors (Lipinski definition) is 0. The van der Waals surface area contributed by atoms with Gasteiger partial charge in [0, 0.05) is 5.03 Å². The van der Waals surface area contributed by atoms with Crippen LogP contribution in [0.15, 0.2) is 48.1 Å². The molecule has 0 spiro atoms. The van der Waals surface area contributed by atoms with Gasteiger partial charge in [-0.2, -0.15) is 0 Å². The average molecular weight is 177 g/mol. The predicted molar refractivity (Wildman–Crippen MR) is 43.6 cm³/mol. The molecule has 0 saturated carbocycles. The van der Waals surface area contributed by atoms with Crippen molar-refractivity contribution >= 4 is 11.6 Å². The van der Waals surface area contributed by atoms with E-state index >= 15 is 0 Å². The average Bonchev–Trinajstić information content (AvgIpc) is 1.85. The molecule has 0 fully saturated rings. The number of allylic oxidation sites excluding steroid dienone is 5. The Morgan fingerprint density at radius 3 is 1.82 bits per heavy atom. The molecule has 0 atom stereocenters. The number of halogens is 3. The monoisotopic (exact) mass is 176 g/mol. The van der Waals surface area contributed by atoms with Gasteiger partial charge in [-0.25, -0.2) is 8.78 Å². The third-order valence-corrected chi connectivity index (χ3v) is 1.15. The highest BCUT2D eigenvalue weighted by Crippen LogP contribution is 2.25. The smallest absolute Gasteiger partial charge is 0.134 e. The van der Waals surface area contributed by atoms with Crippen molar-refractivity contribution in [3.8, 4) is 0 Å². The zero-order valence-electron chi connectivity index (χ0n) is 5.83. The summed E-state index contributed by atoms with van der Waals surface area (Å²) in [4.78, 5) is 0. The van der Waals surface area contributed by atoms with Gasteiger partial charge < -0.3 is 0 Å². The first-order valence-corrected chi connectivity index (χ1v) is 3.10. The first kappa shape index (κ1) is 10.1. The summed E-state index contributed by atoms with van der Waals surface area (Å²) in [5, 5.41) is -0.227. The van der Waals surface area contributed by atoms with E-state index in [0.29, 0.717) is 0 Å². The Bertz CT molecular complexity index is 222. The van der Waals surface area contributed by atoms with Crippen LogP contribution in [-0.2, 0) is 0 Å². The molecule has 0 N–H and O–H groups in total. The van der Waals surface area contributed by atoms with Gasteiger partial charge in [0.2, 0.25) is 0 Å². The lowest BCUT2D eigenvalue weighted by Gasteiger charge is -2.00. The summed E-state index contributed by atoms with van der Waals surface area (Å²) in [5.74, 6) is -1.82. The van der Waals surface area contributed by atoms with E-state index in [1.54, 1.807) is 0 Å². The topological polar surface area (TPSA) is 0 Å². The Balaban J connectivity index is 5.04. The van der Waals surface area contributed by atoms with Gasteiger partial charge >= 0.3 is 0 Å². The van der Waals surface area contributed by atoms with Crippen molar-refractivity contribution in [2.45, 2.75) is 0 Å². The molecular weight excluding hydrogens is 170 g/mol. The van der Waals surface area contributed by atoms with Gasteiger partial charge in [0.05, 0.1) is 5.57 Å². The van der Waals surface area contributed by atoms with Crippen LogP contribution >= 0.6 is 11.6 Å². The van der Waals surface area contributed by atoms with Crippen LogP contribution in [0.2, 0.25) is 0 Å². The second-order valence-corrected chi connectivity index (χ2v) is 2.19. The molecule has 0 heterocycles. The molecule has 0 aromatic heterocycles. The van der Waals surface area contributed by atoms with Gasteiger partial charge in [0.25, 0.3) is 0 Å². The van der Waals surface area contributed by atoms with Crippen LogP contribution < -0.4 is 0 Å². The van der Waals surface area contributed by atoms with Crippen LogP contribution in [-0.4, -0.2) is 0 Å². The van der Waals surface area contributed by atoms with Gasteiger partial charge in [-0.3, -0.25) is 0 Å². The molecule has 0 saturated heterocycles. The lowest BCUT2D eigenvalue weighted by molar-refractivity contribution is 0.619. The van der Waals surface area contributed by atoms with Crippen LogP contribution in [0.25, 0.3) is 0 Å². The zero-order chi connectivity index (χ0) is 9.02. The van der Waals surface area contributed by atoms with Crippen LogP contribution in [0.3, 0.4) is 0 Å². The van der Waals surface area contributed by atoms with E-state index < -0.39 is 17.2 Å². The lowest BCUT2D eigenvalue weighted by atomic mass is 10.2. The summed E-state index contributed by atoms with van der Waals surface area (Å²) >= 11 is 5.27. The summed E-state index contributed by atoms with van der Waals surface area (Å²) in [6.07, 6.45) is 0.841. The third kappa shape index (κ3) is 2.68. The molecule has 0 radical (unpaired) electrons. The maximum atomic E-state index is 12.6. The highest BCUT2D eigenvalue weighted by molar-refractivity contribution is 6.32. The number of hydrogen-bond acceptors (Lipinski definition) is 0. The standard InChI is InChI=1S/C8H7ClF2/c1-4-7(11)8(5(2)9)6(3)10/h4H,1-3H2/b8-7+. The van der Waals surface area contributed by atoms with Crippen molar-refractivity contribution in [1.29, 1.82) is 0 Å². The Morgan fingerprint density at radius 2 is 1.73 bits per heavy atom. The van der Waals surface area contributed by atoms with E-state index in [1.165, 1.54) is 0 Å². The van der Waals surface area contributed by atoms with E-state index in [1.807, 2.05) is 0 Å². The predicted octanol–water partition coefficient (Wildman–Crippen LogP) is 3.63. The summed E-state index contributed by atoms with van der Waals surface area (Å²) in [6, 6.07) is 0. The molecule has 0 amide bonds. The van der Waals surface area contributed by atoms with Crippen LogP contribution in [0.1, 0.15) is 0 Å². The van der Waals surface area contributed by atoms with Crippen molar-refractivity contribution in [3.05, 3.63) is 48.1 Å². The highest BCUT2D eigenvalue weighted by atomic mass is 35.5. The molecule has 3 heteroatoms. The van der Waals surface area contributed by atoms with E-state index in [0.717, 1.165) is 6.08 Å². The molecule has 0 aromatic rings. The van der Waals surface area contributed by atoms with Crippen LogP contribution in [0.4, 0.5) is 8.78 Å². The lowest BCUT2D eigenvalue weighted by Crippen LogP contribution is -1.85. The summed E-state index contributed by atoms with van der Waals surface area (Å²) < 4.78 is 25.0. The fourth-order valence-corrected chi connectivity index (χ4v) is 0.701. The Kier molecular flexibility index (Phi) is 3.76. The fourth-order valence-electron chi connectivity index (χ4n) is 0.508. The minimum Gasteiger partial charge on any atom is -0.207 e. The van der Waals surface area contributed by atoms with Gasteiger partial charge in [0.15, 0.2) is 0 Å². The van der Waals surface area contributed by atoms with Crippen molar-refractivity contribution < 1.29 is 8.78 Å². The Labute approximate surface area is 69.2 Å². The Hall–Kier alpha value is -0.890. The number of rotatable bonds is 3. The maximum absolute atomic E-state index is 12.6. The summed E-state index contributed by atoms with van der Waals surface area (Å²) in [6.45, 7) is 9.16. The minimum atomic E-state index is -0.956. The van der Waals surface area contributed by atoms with Gasteiger partial charge in [0.1, 0.15) is 11.7 Å². The van der Waals surface area contributed by atoms with Crippen molar-refractivity contribution in [2.24, 2.45) is 0 Å². The van der Waals surface area contributed by atoms with E-state index in [9.17, 15) is 8.78 Å². The van der Waals surface area contributed by atoms with E-state index in [2.05, 4.69) is 19.7 Å². The molecule has 0 aliphatic rings. The highest BCUT2D eigenvalue weighted by Gasteiger charge is 2.09. The third-order valence-electron chi connectivity index (χ3n) is 0.961. The van der Waals surface area contributed by atoms with Crippen molar-refractivity contribution in [2.75, 3.05) is 0 Å². The fraction of sp³-hybridized carbons (Fsp3) is 0. The molecular formula is C8H7ClF2.